The van der Waals surface area contributed by atoms with E-state index < -0.39 is 66.9 Å². The number of nitrogens with two attached hydrogens (primary N) is 1. The van der Waals surface area contributed by atoms with Gasteiger partial charge in [0.25, 0.3) is 0 Å². The van der Waals surface area contributed by atoms with Crippen molar-refractivity contribution in [2.24, 2.45) is 0 Å². The summed E-state index contributed by atoms with van der Waals surface area (Å²) < 4.78 is 65.8. The summed E-state index contributed by atoms with van der Waals surface area (Å²) in [6, 6.07) is 2.49. The molecule has 214 valence electrons. The summed E-state index contributed by atoms with van der Waals surface area (Å²) in [4.78, 5) is 28.2. The average Bonchev–Trinajstić information content (AvgIpc) is 3.46. The second-order valence-electron chi connectivity index (χ2n) is 9.21. The number of aromatic nitrogens is 2. The lowest BCUT2D eigenvalue weighted by atomic mass is 10.1. The minimum Gasteiger partial charge on any atom is -0.490 e. The molecule has 1 unspecified atom stereocenters. The number of ether oxygens (including phenoxy) is 2. The van der Waals surface area contributed by atoms with Crippen molar-refractivity contribution in [3.05, 3.63) is 46.3 Å². The highest BCUT2D eigenvalue weighted by Gasteiger charge is 2.47. The van der Waals surface area contributed by atoms with Gasteiger partial charge in [-0.25, -0.2) is 18.1 Å². The maximum Gasteiger partial charge on any atom is 0.459 e. The van der Waals surface area contributed by atoms with Crippen molar-refractivity contribution >= 4 is 31.3 Å². The fraction of sp³-hybridized carbons (Fsp3) is 0.522. The van der Waals surface area contributed by atoms with E-state index in [1.807, 2.05) is 0 Å². The minimum atomic E-state index is -4.42. The summed E-state index contributed by atoms with van der Waals surface area (Å²) in [5.41, 5.74) is 5.02. The number of anilines is 1. The van der Waals surface area contributed by atoms with E-state index in [9.17, 15) is 23.7 Å². The number of halogens is 2. The number of fused-ring (bicyclic) bond motifs is 1. The fourth-order valence-corrected chi connectivity index (χ4v) is 7.08. The topological polar surface area (TPSA) is 164 Å². The molecule has 16 heteroatoms. The maximum atomic E-state index is 15.0. The summed E-state index contributed by atoms with van der Waals surface area (Å²) in [5, 5.41) is 10.9. The molecule has 1 aromatic heterocycles. The van der Waals surface area contributed by atoms with Crippen LogP contribution >= 0.6 is 19.5 Å². The van der Waals surface area contributed by atoms with E-state index in [1.54, 1.807) is 13.8 Å². The molecule has 6 atom stereocenters. The minimum absolute atomic E-state index is 0.00419. The molecule has 0 radical (unpaired) electrons. The number of benzene rings is 1. The monoisotopic (exact) mass is 590 g/mol. The molecule has 1 saturated heterocycles. The quantitative estimate of drug-likeness (QED) is 0.274. The normalized spacial score (nSPS) is 24.6. The third-order valence-corrected chi connectivity index (χ3v) is 9.03. The van der Waals surface area contributed by atoms with Crippen LogP contribution in [0.1, 0.15) is 31.7 Å². The Morgan fingerprint density at radius 3 is 2.82 bits per heavy atom. The molecule has 0 spiro atoms. The number of thioether (sulfide) groups is 1. The van der Waals surface area contributed by atoms with Crippen LogP contribution < -0.4 is 25.8 Å². The molecule has 3 heterocycles. The molecule has 1 fully saturated rings. The van der Waals surface area contributed by atoms with Crippen molar-refractivity contribution in [1.29, 1.82) is 0 Å². The standard InChI is InChI=1S/C23H29F2N4O8PS/c1-11(2)36-22(31)12(3)28-38(33,37-15-5-4-14(24)20-13(15)7-9-34-20)35-10-16-19(30)18(25)21(39-16)29-8-6-17(26)27-23(29)32/h4-6,8,11-12,16,18-19,21,30H,7,9-10H2,1-3H3,(H,28,33)(H2,26,27,32)/t12-,16+,18-,19+,21+,38?/m0/s1. The first-order valence-corrected chi connectivity index (χ1v) is 14.6. The van der Waals surface area contributed by atoms with Crippen LogP contribution in [0.5, 0.6) is 11.5 Å². The number of alkyl halides is 1. The van der Waals surface area contributed by atoms with E-state index in [0.29, 0.717) is 5.56 Å². The van der Waals surface area contributed by atoms with Gasteiger partial charge in [0.2, 0.25) is 0 Å². The van der Waals surface area contributed by atoms with E-state index >= 15 is 4.39 Å². The lowest BCUT2D eigenvalue weighted by Crippen LogP contribution is -2.37. The second-order valence-corrected chi connectivity index (χ2v) is 12.3. The van der Waals surface area contributed by atoms with Crippen molar-refractivity contribution < 1.29 is 41.8 Å². The van der Waals surface area contributed by atoms with Gasteiger partial charge in [0.15, 0.2) is 17.7 Å². The number of esters is 1. The molecule has 1 aromatic carbocycles. The van der Waals surface area contributed by atoms with Gasteiger partial charge in [-0.05, 0) is 39.0 Å². The van der Waals surface area contributed by atoms with Crippen molar-refractivity contribution in [3.8, 4) is 11.5 Å². The first-order chi connectivity index (χ1) is 18.4. The molecule has 0 amide bonds. The number of nitrogens with zero attached hydrogens (tertiary/aromatic N) is 2. The third-order valence-electron chi connectivity index (χ3n) is 5.87. The molecule has 0 saturated carbocycles. The molecule has 2 aromatic rings. The van der Waals surface area contributed by atoms with Gasteiger partial charge in [0.1, 0.15) is 29.1 Å². The Labute approximate surface area is 226 Å². The summed E-state index contributed by atoms with van der Waals surface area (Å²) >= 11 is 0.869. The number of rotatable bonds is 10. The molecular weight excluding hydrogens is 561 g/mol. The van der Waals surface area contributed by atoms with Gasteiger partial charge in [-0.3, -0.25) is 13.9 Å². The van der Waals surface area contributed by atoms with E-state index in [4.69, 9.17) is 24.3 Å². The zero-order chi connectivity index (χ0) is 28.5. The van der Waals surface area contributed by atoms with Crippen molar-refractivity contribution in [2.75, 3.05) is 18.9 Å². The highest BCUT2D eigenvalue weighted by molar-refractivity contribution is 8.00. The Hall–Kier alpha value is -2.71. The predicted octanol–water partition coefficient (Wildman–Crippen LogP) is 2.35. The van der Waals surface area contributed by atoms with Gasteiger partial charge in [-0.2, -0.15) is 10.1 Å². The van der Waals surface area contributed by atoms with Crippen LogP contribution in [-0.2, 0) is 25.0 Å². The molecule has 0 aliphatic carbocycles. The van der Waals surface area contributed by atoms with Gasteiger partial charge < -0.3 is 24.8 Å². The number of carbonyl (C=O) groups is 1. The van der Waals surface area contributed by atoms with Crippen LogP contribution in [0.2, 0.25) is 0 Å². The number of hydrogen-bond donors (Lipinski definition) is 3. The molecule has 2 aliphatic heterocycles. The SMILES string of the molecule is CC(C)OC(=O)[C@H](C)NP(=O)(OC[C@H]1S[C@@H](n2ccc(N)nc2=O)[C@@H](F)[C@@H]1O)Oc1ccc(F)c2c1CCO2. The Morgan fingerprint density at radius 2 is 2.13 bits per heavy atom. The highest BCUT2D eigenvalue weighted by Crippen LogP contribution is 2.51. The Morgan fingerprint density at radius 1 is 1.38 bits per heavy atom. The summed E-state index contributed by atoms with van der Waals surface area (Å²) in [6.07, 6.45) is -2.41. The largest absolute Gasteiger partial charge is 0.490 e. The van der Waals surface area contributed by atoms with Gasteiger partial charge in [0, 0.05) is 18.2 Å². The van der Waals surface area contributed by atoms with E-state index in [1.165, 1.54) is 25.3 Å². The Kier molecular flexibility index (Phi) is 8.86. The Balaban J connectivity index is 1.55. The first kappa shape index (κ1) is 29.3. The predicted molar refractivity (Wildman–Crippen MR) is 138 cm³/mol. The zero-order valence-corrected chi connectivity index (χ0v) is 23.0. The molecule has 12 nitrogen and oxygen atoms in total. The van der Waals surface area contributed by atoms with Crippen LogP contribution in [0.3, 0.4) is 0 Å². The number of nitrogen functional groups attached to an aromatic ring is 1. The van der Waals surface area contributed by atoms with E-state index in [2.05, 4.69) is 10.1 Å². The van der Waals surface area contributed by atoms with Crippen LogP contribution in [0.15, 0.2) is 29.2 Å². The number of aliphatic hydroxyl groups is 1. The van der Waals surface area contributed by atoms with Gasteiger partial charge in [-0.1, -0.05) is 0 Å². The number of nitrogens with one attached hydrogen (secondary N) is 1. The van der Waals surface area contributed by atoms with Gasteiger partial charge >= 0.3 is 19.4 Å². The molecule has 4 N–H and O–H groups in total. The lowest BCUT2D eigenvalue weighted by molar-refractivity contribution is -0.149. The van der Waals surface area contributed by atoms with Crippen LogP contribution in [0.25, 0.3) is 0 Å². The third kappa shape index (κ3) is 6.55. The van der Waals surface area contributed by atoms with Crippen molar-refractivity contribution in [3.63, 3.8) is 0 Å². The molecule has 39 heavy (non-hydrogen) atoms. The van der Waals surface area contributed by atoms with Crippen molar-refractivity contribution in [2.45, 2.75) is 62.2 Å². The zero-order valence-electron chi connectivity index (χ0n) is 21.3. The number of aliphatic hydroxyl groups excluding tert-OH is 1. The number of carbonyl (C=O) groups excluding carboxylic acids is 1. The van der Waals surface area contributed by atoms with E-state index in [-0.39, 0.29) is 30.3 Å². The average molecular weight is 591 g/mol. The summed E-state index contributed by atoms with van der Waals surface area (Å²) in [6.45, 7) is 4.35. The molecular formula is C23H29F2N4O8PS. The molecule has 4 rings (SSSR count). The summed E-state index contributed by atoms with van der Waals surface area (Å²) in [5.74, 6) is -1.44. The highest BCUT2D eigenvalue weighted by atomic mass is 32.2. The second kappa shape index (κ2) is 11.8. The molecule has 2 aliphatic rings. The number of hydrogen-bond acceptors (Lipinski definition) is 11. The maximum absolute atomic E-state index is 15.0. The van der Waals surface area contributed by atoms with Gasteiger partial charge in [-0.15, -0.1) is 11.8 Å². The van der Waals surface area contributed by atoms with Crippen molar-refractivity contribution in [1.82, 2.24) is 14.6 Å². The van der Waals surface area contributed by atoms with Crippen LogP contribution in [0.4, 0.5) is 14.6 Å². The Bertz CT molecular complexity index is 1330. The lowest BCUT2D eigenvalue weighted by Gasteiger charge is -2.25. The smallest absolute Gasteiger partial charge is 0.459 e. The van der Waals surface area contributed by atoms with Crippen LogP contribution in [-0.4, -0.2) is 63.5 Å². The summed E-state index contributed by atoms with van der Waals surface area (Å²) in [7, 11) is -4.42. The molecule has 0 bridgehead atoms. The van der Waals surface area contributed by atoms with Crippen LogP contribution in [0, 0.1) is 5.82 Å². The first-order valence-electron chi connectivity index (χ1n) is 12.1. The van der Waals surface area contributed by atoms with Gasteiger partial charge in [0.05, 0.1) is 24.6 Å². The van der Waals surface area contributed by atoms with E-state index in [0.717, 1.165) is 22.4 Å². The fourth-order valence-electron chi connectivity index (χ4n) is 4.01.